The van der Waals surface area contributed by atoms with Gasteiger partial charge in [0, 0.05) is 24.7 Å². The molecule has 1 atom stereocenters. The smallest absolute Gasteiger partial charge is 0.317 e. The van der Waals surface area contributed by atoms with Gasteiger partial charge in [0.1, 0.15) is 0 Å². The van der Waals surface area contributed by atoms with Crippen LogP contribution in [0.1, 0.15) is 12.0 Å². The number of benzene rings is 1. The molecular formula is C14H17ClN2O3. The zero-order chi connectivity index (χ0) is 14.5. The van der Waals surface area contributed by atoms with Gasteiger partial charge in [-0.3, -0.25) is 4.79 Å². The number of amides is 2. The van der Waals surface area contributed by atoms with E-state index in [0.29, 0.717) is 31.1 Å². The van der Waals surface area contributed by atoms with E-state index in [0.717, 1.165) is 12.0 Å². The number of nitrogens with zero attached hydrogens (tertiary/aromatic N) is 1. The molecule has 0 aromatic heterocycles. The van der Waals surface area contributed by atoms with Crippen molar-refractivity contribution in [3.8, 4) is 0 Å². The predicted octanol–water partition coefficient (Wildman–Crippen LogP) is 2.00. The number of hydrogen-bond acceptors (Lipinski definition) is 2. The van der Waals surface area contributed by atoms with Gasteiger partial charge in [-0.1, -0.05) is 23.7 Å². The van der Waals surface area contributed by atoms with Gasteiger partial charge in [-0.15, -0.1) is 0 Å². The fourth-order valence-electron chi connectivity index (χ4n) is 2.22. The summed E-state index contributed by atoms with van der Waals surface area (Å²) in [5.74, 6) is -1.27. The molecule has 0 aliphatic carbocycles. The van der Waals surface area contributed by atoms with Crippen molar-refractivity contribution in [1.29, 1.82) is 0 Å². The SMILES string of the molecule is O=C(O)C1CCN(C(=O)NCCc2ccc(Cl)cc2)C1. The molecule has 1 aromatic rings. The standard InChI is InChI=1S/C14H17ClN2O3/c15-12-3-1-10(2-4-12)5-7-16-14(20)17-8-6-11(9-17)13(18)19/h1-4,11H,5-9H2,(H,16,20)(H,18,19). The summed E-state index contributed by atoms with van der Waals surface area (Å²) in [5, 5.41) is 12.4. The third-order valence-corrected chi connectivity index (χ3v) is 3.68. The molecule has 2 amide bonds. The molecule has 1 fully saturated rings. The molecule has 1 aliphatic rings. The van der Waals surface area contributed by atoms with Crippen LogP contribution in [0.25, 0.3) is 0 Å². The largest absolute Gasteiger partial charge is 0.481 e. The van der Waals surface area contributed by atoms with Crippen LogP contribution in [-0.4, -0.2) is 41.6 Å². The molecule has 5 nitrogen and oxygen atoms in total. The number of nitrogens with one attached hydrogen (secondary N) is 1. The van der Waals surface area contributed by atoms with E-state index in [1.807, 2.05) is 24.3 Å². The number of carboxylic acids is 1. The summed E-state index contributed by atoms with van der Waals surface area (Å²) in [5.41, 5.74) is 1.10. The Hall–Kier alpha value is -1.75. The van der Waals surface area contributed by atoms with Gasteiger partial charge in [0.15, 0.2) is 0 Å². The topological polar surface area (TPSA) is 69.6 Å². The van der Waals surface area contributed by atoms with Crippen molar-refractivity contribution >= 4 is 23.6 Å². The van der Waals surface area contributed by atoms with Crippen molar-refractivity contribution in [2.24, 2.45) is 5.92 Å². The first-order valence-electron chi connectivity index (χ1n) is 6.56. The number of carboxylic acid groups (broad SMARTS) is 1. The molecule has 0 saturated carbocycles. The summed E-state index contributed by atoms with van der Waals surface area (Å²) in [6.07, 6.45) is 1.25. The maximum Gasteiger partial charge on any atom is 0.317 e. The lowest BCUT2D eigenvalue weighted by molar-refractivity contribution is -0.141. The predicted molar refractivity (Wildman–Crippen MR) is 75.9 cm³/mol. The van der Waals surface area contributed by atoms with Crippen LogP contribution in [0.5, 0.6) is 0 Å². The average molecular weight is 297 g/mol. The maximum atomic E-state index is 11.9. The minimum Gasteiger partial charge on any atom is -0.481 e. The van der Waals surface area contributed by atoms with E-state index in [1.165, 1.54) is 0 Å². The Bertz CT molecular complexity index is 490. The molecule has 6 heteroatoms. The highest BCUT2D eigenvalue weighted by atomic mass is 35.5. The number of aliphatic carboxylic acids is 1. The van der Waals surface area contributed by atoms with Crippen molar-refractivity contribution in [3.63, 3.8) is 0 Å². The lowest BCUT2D eigenvalue weighted by Crippen LogP contribution is -2.39. The Balaban J connectivity index is 1.73. The second kappa shape index (κ2) is 6.61. The van der Waals surface area contributed by atoms with E-state index in [4.69, 9.17) is 16.7 Å². The van der Waals surface area contributed by atoms with Crippen molar-refractivity contribution in [1.82, 2.24) is 10.2 Å². The zero-order valence-electron chi connectivity index (χ0n) is 11.0. The Morgan fingerprint density at radius 3 is 2.65 bits per heavy atom. The van der Waals surface area contributed by atoms with Crippen LogP contribution < -0.4 is 5.32 Å². The quantitative estimate of drug-likeness (QED) is 0.893. The van der Waals surface area contributed by atoms with Crippen LogP contribution in [0.15, 0.2) is 24.3 Å². The van der Waals surface area contributed by atoms with Crippen molar-refractivity contribution in [3.05, 3.63) is 34.9 Å². The van der Waals surface area contributed by atoms with Gasteiger partial charge >= 0.3 is 12.0 Å². The van der Waals surface area contributed by atoms with Gasteiger partial charge in [-0.2, -0.15) is 0 Å². The first-order valence-corrected chi connectivity index (χ1v) is 6.94. The van der Waals surface area contributed by atoms with Gasteiger partial charge in [0.05, 0.1) is 5.92 Å². The molecule has 1 unspecified atom stereocenters. The van der Waals surface area contributed by atoms with E-state index >= 15 is 0 Å². The zero-order valence-corrected chi connectivity index (χ0v) is 11.8. The number of carbonyl (C=O) groups is 2. The maximum absolute atomic E-state index is 11.9. The number of hydrogen-bond donors (Lipinski definition) is 2. The fraction of sp³-hybridized carbons (Fsp3) is 0.429. The number of urea groups is 1. The molecule has 1 aliphatic heterocycles. The minimum absolute atomic E-state index is 0.192. The van der Waals surface area contributed by atoms with Gasteiger partial charge in [0.25, 0.3) is 0 Å². The Kier molecular flexibility index (Phi) is 4.84. The number of carbonyl (C=O) groups excluding carboxylic acids is 1. The Morgan fingerprint density at radius 1 is 1.35 bits per heavy atom. The second-order valence-corrected chi connectivity index (χ2v) is 5.31. The summed E-state index contributed by atoms with van der Waals surface area (Å²) < 4.78 is 0. The Labute approximate surface area is 122 Å². The molecule has 0 bridgehead atoms. The summed E-state index contributed by atoms with van der Waals surface area (Å²) in [6, 6.07) is 7.28. The van der Waals surface area contributed by atoms with E-state index in [-0.39, 0.29) is 6.03 Å². The highest BCUT2D eigenvalue weighted by molar-refractivity contribution is 6.30. The molecule has 1 aromatic carbocycles. The third-order valence-electron chi connectivity index (χ3n) is 3.43. The normalized spacial score (nSPS) is 18.1. The van der Waals surface area contributed by atoms with Crippen molar-refractivity contribution in [2.75, 3.05) is 19.6 Å². The van der Waals surface area contributed by atoms with E-state index in [2.05, 4.69) is 5.32 Å². The molecule has 0 spiro atoms. The van der Waals surface area contributed by atoms with Crippen LogP contribution >= 0.6 is 11.6 Å². The van der Waals surface area contributed by atoms with Gasteiger partial charge in [0.2, 0.25) is 0 Å². The van der Waals surface area contributed by atoms with Gasteiger partial charge < -0.3 is 15.3 Å². The van der Waals surface area contributed by atoms with E-state index in [1.54, 1.807) is 4.90 Å². The van der Waals surface area contributed by atoms with Crippen molar-refractivity contribution in [2.45, 2.75) is 12.8 Å². The first kappa shape index (κ1) is 14.7. The monoisotopic (exact) mass is 296 g/mol. The second-order valence-electron chi connectivity index (χ2n) is 4.88. The van der Waals surface area contributed by atoms with Crippen LogP contribution in [0, 0.1) is 5.92 Å². The van der Waals surface area contributed by atoms with Crippen LogP contribution in [0.2, 0.25) is 5.02 Å². The summed E-state index contributed by atoms with van der Waals surface area (Å²) >= 11 is 5.80. The highest BCUT2D eigenvalue weighted by Crippen LogP contribution is 2.16. The molecule has 1 saturated heterocycles. The van der Waals surface area contributed by atoms with Crippen LogP contribution in [0.4, 0.5) is 4.79 Å². The van der Waals surface area contributed by atoms with Gasteiger partial charge in [-0.05, 0) is 30.5 Å². The van der Waals surface area contributed by atoms with Crippen LogP contribution in [-0.2, 0) is 11.2 Å². The molecule has 2 rings (SSSR count). The number of rotatable bonds is 4. The lowest BCUT2D eigenvalue weighted by Gasteiger charge is -2.16. The molecule has 1 heterocycles. The molecule has 108 valence electrons. The molecule has 0 radical (unpaired) electrons. The molecule has 2 N–H and O–H groups in total. The van der Waals surface area contributed by atoms with Crippen molar-refractivity contribution < 1.29 is 14.7 Å². The minimum atomic E-state index is -0.832. The summed E-state index contributed by atoms with van der Waals surface area (Å²) in [7, 11) is 0. The van der Waals surface area contributed by atoms with E-state index in [9.17, 15) is 9.59 Å². The third kappa shape index (κ3) is 3.87. The first-order chi connectivity index (χ1) is 9.56. The summed E-state index contributed by atoms with van der Waals surface area (Å²) in [4.78, 5) is 24.2. The average Bonchev–Trinajstić information content (AvgIpc) is 2.91. The molecule has 20 heavy (non-hydrogen) atoms. The highest BCUT2D eigenvalue weighted by Gasteiger charge is 2.30. The summed E-state index contributed by atoms with van der Waals surface area (Å²) in [6.45, 7) is 1.32. The number of halogens is 1. The molecular weight excluding hydrogens is 280 g/mol. The van der Waals surface area contributed by atoms with Gasteiger partial charge in [-0.25, -0.2) is 4.79 Å². The van der Waals surface area contributed by atoms with Crippen LogP contribution in [0.3, 0.4) is 0 Å². The van der Waals surface area contributed by atoms with E-state index < -0.39 is 11.9 Å². The lowest BCUT2D eigenvalue weighted by atomic mass is 10.1. The number of likely N-dealkylation sites (tertiary alicyclic amines) is 1. The Morgan fingerprint density at radius 2 is 2.05 bits per heavy atom. The fourth-order valence-corrected chi connectivity index (χ4v) is 2.35.